The quantitative estimate of drug-likeness (QED) is 0.762. The van der Waals surface area contributed by atoms with Gasteiger partial charge in [0.05, 0.1) is 0 Å². The molecule has 1 aromatic rings. The third kappa shape index (κ3) is 4.57. The predicted molar refractivity (Wildman–Crippen MR) is 92.1 cm³/mol. The first-order valence-corrected chi connectivity index (χ1v) is 9.18. The Hall–Kier alpha value is -0.830. The molecule has 1 aliphatic carbocycles. The van der Waals surface area contributed by atoms with Crippen molar-refractivity contribution in [3.8, 4) is 0 Å². The van der Waals surface area contributed by atoms with E-state index in [9.17, 15) is 4.79 Å². The number of carbonyl (C=O) groups is 1. The van der Waals surface area contributed by atoms with Crippen LogP contribution >= 0.6 is 15.9 Å². The Bertz CT molecular complexity index is 455. The van der Waals surface area contributed by atoms with E-state index in [4.69, 9.17) is 0 Å². The van der Waals surface area contributed by atoms with Crippen LogP contribution in [0.2, 0.25) is 0 Å². The van der Waals surface area contributed by atoms with Crippen LogP contribution in [0.15, 0.2) is 24.3 Å². The Balaban J connectivity index is 1.89. The minimum absolute atomic E-state index is 0.0594. The molecule has 2 rings (SSSR count). The van der Waals surface area contributed by atoms with Crippen LogP contribution in [0.25, 0.3) is 0 Å². The molecule has 2 nitrogen and oxygen atoms in total. The van der Waals surface area contributed by atoms with Crippen molar-refractivity contribution in [3.63, 3.8) is 0 Å². The fourth-order valence-corrected chi connectivity index (χ4v) is 3.95. The smallest absolute Gasteiger partial charge is 0.251 e. The molecule has 0 radical (unpaired) electrons. The van der Waals surface area contributed by atoms with E-state index in [2.05, 4.69) is 47.2 Å². The summed E-state index contributed by atoms with van der Waals surface area (Å²) in [5, 5.41) is 4.17. The Morgan fingerprint density at radius 1 is 1.19 bits per heavy atom. The molecule has 1 N–H and O–H groups in total. The first-order valence-electron chi connectivity index (χ1n) is 8.06. The van der Waals surface area contributed by atoms with Crippen LogP contribution in [-0.4, -0.2) is 17.8 Å². The minimum atomic E-state index is 0.0594. The SMILES string of the molecule is CC(C)c1ccc(C(=O)NCC2CCCCC2CBr)cc1. The highest BCUT2D eigenvalue weighted by atomic mass is 79.9. The fourth-order valence-electron chi connectivity index (χ4n) is 3.10. The van der Waals surface area contributed by atoms with Crippen LogP contribution < -0.4 is 5.32 Å². The molecule has 0 spiro atoms. The molecule has 2 atom stereocenters. The van der Waals surface area contributed by atoms with Gasteiger partial charge in [-0.2, -0.15) is 0 Å². The van der Waals surface area contributed by atoms with E-state index in [0.717, 1.165) is 17.4 Å². The van der Waals surface area contributed by atoms with Gasteiger partial charge < -0.3 is 5.32 Å². The summed E-state index contributed by atoms with van der Waals surface area (Å²) in [6, 6.07) is 7.99. The van der Waals surface area contributed by atoms with Crippen LogP contribution in [0.4, 0.5) is 0 Å². The van der Waals surface area contributed by atoms with E-state index < -0.39 is 0 Å². The van der Waals surface area contributed by atoms with Crippen LogP contribution in [0.1, 0.15) is 61.4 Å². The number of rotatable bonds is 5. The summed E-state index contributed by atoms with van der Waals surface area (Å²) < 4.78 is 0. The Morgan fingerprint density at radius 2 is 1.81 bits per heavy atom. The molecule has 116 valence electrons. The van der Waals surface area contributed by atoms with Gasteiger partial charge in [0, 0.05) is 17.4 Å². The Morgan fingerprint density at radius 3 is 2.38 bits per heavy atom. The number of hydrogen-bond donors (Lipinski definition) is 1. The summed E-state index contributed by atoms with van der Waals surface area (Å²) >= 11 is 3.61. The predicted octanol–water partition coefficient (Wildman–Crippen LogP) is 4.74. The molecule has 3 heteroatoms. The van der Waals surface area contributed by atoms with Crippen molar-refractivity contribution in [2.75, 3.05) is 11.9 Å². The monoisotopic (exact) mass is 351 g/mol. The maximum atomic E-state index is 12.2. The lowest BCUT2D eigenvalue weighted by Gasteiger charge is -2.30. The molecule has 1 saturated carbocycles. The van der Waals surface area contributed by atoms with Crippen LogP contribution in [-0.2, 0) is 0 Å². The lowest BCUT2D eigenvalue weighted by Crippen LogP contribution is -2.34. The van der Waals surface area contributed by atoms with Crippen molar-refractivity contribution in [1.29, 1.82) is 0 Å². The molecule has 0 aromatic heterocycles. The van der Waals surface area contributed by atoms with Crippen LogP contribution in [0.5, 0.6) is 0 Å². The third-order valence-electron chi connectivity index (χ3n) is 4.63. The number of hydrogen-bond acceptors (Lipinski definition) is 1. The Kier molecular flexibility index (Phi) is 6.28. The summed E-state index contributed by atoms with van der Waals surface area (Å²) in [5.41, 5.74) is 2.05. The van der Waals surface area contributed by atoms with Gasteiger partial charge in [-0.05, 0) is 48.3 Å². The van der Waals surface area contributed by atoms with Crippen molar-refractivity contribution in [1.82, 2.24) is 5.32 Å². The number of halogens is 1. The molecule has 1 aliphatic rings. The standard InChI is InChI=1S/C18H26BrNO/c1-13(2)14-7-9-15(10-8-14)18(21)20-12-17-6-4-3-5-16(17)11-19/h7-10,13,16-17H,3-6,11-12H2,1-2H3,(H,20,21). The zero-order valence-electron chi connectivity index (χ0n) is 13.1. The zero-order chi connectivity index (χ0) is 15.2. The van der Waals surface area contributed by atoms with Crippen molar-refractivity contribution in [2.45, 2.75) is 45.4 Å². The summed E-state index contributed by atoms with van der Waals surface area (Å²) in [4.78, 5) is 12.2. The van der Waals surface area contributed by atoms with Gasteiger partial charge in [0.2, 0.25) is 0 Å². The third-order valence-corrected chi connectivity index (χ3v) is 5.46. The maximum absolute atomic E-state index is 12.2. The number of nitrogens with one attached hydrogen (secondary N) is 1. The highest BCUT2D eigenvalue weighted by Gasteiger charge is 2.24. The van der Waals surface area contributed by atoms with Gasteiger partial charge in [0.1, 0.15) is 0 Å². The second-order valence-corrected chi connectivity index (χ2v) is 7.09. The van der Waals surface area contributed by atoms with E-state index in [0.29, 0.717) is 17.8 Å². The van der Waals surface area contributed by atoms with Crippen molar-refractivity contribution in [2.24, 2.45) is 11.8 Å². The highest BCUT2D eigenvalue weighted by Crippen LogP contribution is 2.30. The molecule has 0 aliphatic heterocycles. The fraction of sp³-hybridized carbons (Fsp3) is 0.611. The number of carbonyl (C=O) groups excluding carboxylic acids is 1. The lowest BCUT2D eigenvalue weighted by molar-refractivity contribution is 0.0937. The molecule has 0 saturated heterocycles. The van der Waals surface area contributed by atoms with Crippen molar-refractivity contribution >= 4 is 21.8 Å². The summed E-state index contributed by atoms with van der Waals surface area (Å²) in [7, 11) is 0. The first-order chi connectivity index (χ1) is 10.1. The van der Waals surface area contributed by atoms with E-state index >= 15 is 0 Å². The van der Waals surface area contributed by atoms with Gasteiger partial charge in [-0.1, -0.05) is 54.8 Å². The topological polar surface area (TPSA) is 29.1 Å². The average molecular weight is 352 g/mol. The van der Waals surface area contributed by atoms with E-state index in [1.807, 2.05) is 12.1 Å². The van der Waals surface area contributed by atoms with E-state index in [1.54, 1.807) is 0 Å². The van der Waals surface area contributed by atoms with Gasteiger partial charge in [-0.15, -0.1) is 0 Å². The van der Waals surface area contributed by atoms with Crippen molar-refractivity contribution < 1.29 is 4.79 Å². The van der Waals surface area contributed by atoms with Crippen LogP contribution in [0, 0.1) is 11.8 Å². The first kappa shape index (κ1) is 16.5. The summed E-state index contributed by atoms with van der Waals surface area (Å²) in [5.74, 6) is 1.90. The normalized spacial score (nSPS) is 22.3. The summed E-state index contributed by atoms with van der Waals surface area (Å²) in [6.45, 7) is 5.14. The molecule has 0 heterocycles. The summed E-state index contributed by atoms with van der Waals surface area (Å²) in [6.07, 6.45) is 5.15. The average Bonchev–Trinajstić information content (AvgIpc) is 2.52. The largest absolute Gasteiger partial charge is 0.352 e. The van der Waals surface area contributed by atoms with Crippen LogP contribution in [0.3, 0.4) is 0 Å². The van der Waals surface area contributed by atoms with Gasteiger partial charge in [-0.3, -0.25) is 4.79 Å². The molecule has 21 heavy (non-hydrogen) atoms. The number of amides is 1. The Labute approximate surface area is 136 Å². The minimum Gasteiger partial charge on any atom is -0.352 e. The second kappa shape index (κ2) is 7.98. The second-order valence-electron chi connectivity index (χ2n) is 6.45. The van der Waals surface area contributed by atoms with E-state index in [-0.39, 0.29) is 5.91 Å². The molecule has 1 aromatic carbocycles. The van der Waals surface area contributed by atoms with E-state index in [1.165, 1.54) is 31.2 Å². The molecular weight excluding hydrogens is 326 g/mol. The maximum Gasteiger partial charge on any atom is 0.251 e. The number of benzene rings is 1. The highest BCUT2D eigenvalue weighted by molar-refractivity contribution is 9.09. The van der Waals surface area contributed by atoms with Crippen molar-refractivity contribution in [3.05, 3.63) is 35.4 Å². The molecule has 1 amide bonds. The number of alkyl halides is 1. The van der Waals surface area contributed by atoms with Gasteiger partial charge >= 0.3 is 0 Å². The van der Waals surface area contributed by atoms with Gasteiger partial charge in [0.25, 0.3) is 5.91 Å². The van der Waals surface area contributed by atoms with Gasteiger partial charge in [-0.25, -0.2) is 0 Å². The lowest BCUT2D eigenvalue weighted by atomic mass is 9.80. The molecular formula is C18H26BrNO. The zero-order valence-corrected chi connectivity index (χ0v) is 14.7. The molecule has 2 unspecified atom stereocenters. The molecule has 0 bridgehead atoms. The molecule has 1 fully saturated rings. The van der Waals surface area contributed by atoms with Gasteiger partial charge in [0.15, 0.2) is 0 Å².